The molecule has 1 atom stereocenters. The molecule has 0 radical (unpaired) electrons. The lowest BCUT2D eigenvalue weighted by atomic mass is 10.2. The lowest BCUT2D eigenvalue weighted by molar-refractivity contribution is -0.142. The zero-order valence-electron chi connectivity index (χ0n) is 18.1. The molecule has 3 heterocycles. The summed E-state index contributed by atoms with van der Waals surface area (Å²) in [7, 11) is -3.69. The third-order valence-electron chi connectivity index (χ3n) is 5.68. The molecule has 0 bridgehead atoms. The normalized spacial score (nSPS) is 19.3. The van der Waals surface area contributed by atoms with Crippen molar-refractivity contribution in [3.05, 3.63) is 54.4 Å². The van der Waals surface area contributed by atoms with E-state index in [0.29, 0.717) is 31.9 Å². The number of piperazine rings is 1. The Hall–Kier alpha value is -3.02. The van der Waals surface area contributed by atoms with Gasteiger partial charge in [-0.25, -0.2) is 13.2 Å². The number of nitrogens with one attached hydrogen (secondary N) is 2. The third-order valence-corrected chi connectivity index (χ3v) is 7.59. The van der Waals surface area contributed by atoms with Crippen LogP contribution in [0.5, 0.6) is 0 Å². The molecule has 33 heavy (non-hydrogen) atoms. The summed E-state index contributed by atoms with van der Waals surface area (Å²) in [5.41, 5.74) is 1.34. The number of hydrogen-bond donors (Lipinski definition) is 2. The Morgan fingerprint density at radius 1 is 1.09 bits per heavy atom. The highest BCUT2D eigenvalue weighted by molar-refractivity contribution is 7.89. The Morgan fingerprint density at radius 2 is 1.85 bits per heavy atom. The molecule has 0 spiro atoms. The second kappa shape index (κ2) is 10.3. The van der Waals surface area contributed by atoms with Gasteiger partial charge in [0.1, 0.15) is 6.10 Å². The molecule has 10 nitrogen and oxygen atoms in total. The van der Waals surface area contributed by atoms with Gasteiger partial charge in [0, 0.05) is 57.4 Å². The van der Waals surface area contributed by atoms with Crippen LogP contribution in [0.15, 0.2) is 53.7 Å². The number of amides is 3. The van der Waals surface area contributed by atoms with E-state index in [1.54, 1.807) is 35.5 Å². The summed E-state index contributed by atoms with van der Waals surface area (Å²) in [6, 6.07) is 9.27. The fourth-order valence-electron chi connectivity index (χ4n) is 3.84. The van der Waals surface area contributed by atoms with Crippen LogP contribution in [-0.4, -0.2) is 73.4 Å². The molecular formula is C22H27N5O5S. The van der Waals surface area contributed by atoms with E-state index in [9.17, 15) is 18.0 Å². The van der Waals surface area contributed by atoms with Gasteiger partial charge in [-0.2, -0.15) is 4.31 Å². The molecule has 3 amide bonds. The number of sulfonamides is 1. The van der Waals surface area contributed by atoms with Crippen LogP contribution >= 0.6 is 0 Å². The lowest BCUT2D eigenvalue weighted by Crippen LogP contribution is -2.52. The predicted octanol–water partition coefficient (Wildman–Crippen LogP) is 1.42. The molecule has 2 saturated heterocycles. The van der Waals surface area contributed by atoms with E-state index in [1.165, 1.54) is 16.4 Å². The standard InChI is InChI=1S/C22H27N5O5S/c28-21(20-4-2-14-32-20)26-10-12-27(13-11-26)33(30,31)19-7-5-18(6-8-19)25-22(29)24-16-17-3-1-9-23-15-17/h1,3,5-9,15,20H,2,4,10-14,16H2,(H2,24,25,29)/t20-/m1/s1. The van der Waals surface area contributed by atoms with Crippen molar-refractivity contribution in [2.24, 2.45) is 0 Å². The van der Waals surface area contributed by atoms with Gasteiger partial charge in [-0.05, 0) is 48.7 Å². The number of rotatable bonds is 6. The average Bonchev–Trinajstić information content (AvgIpc) is 3.38. The van der Waals surface area contributed by atoms with Crippen molar-refractivity contribution in [2.45, 2.75) is 30.4 Å². The molecule has 1 aromatic heterocycles. The van der Waals surface area contributed by atoms with E-state index >= 15 is 0 Å². The maximum absolute atomic E-state index is 13.0. The molecular weight excluding hydrogens is 446 g/mol. The highest BCUT2D eigenvalue weighted by atomic mass is 32.2. The molecule has 2 fully saturated rings. The fourth-order valence-corrected chi connectivity index (χ4v) is 5.27. The molecule has 0 unspecified atom stereocenters. The first-order chi connectivity index (χ1) is 15.9. The number of urea groups is 1. The molecule has 1 aromatic carbocycles. The zero-order chi connectivity index (χ0) is 23.3. The second-order valence-corrected chi connectivity index (χ2v) is 9.86. The van der Waals surface area contributed by atoms with Crippen molar-refractivity contribution in [3.8, 4) is 0 Å². The van der Waals surface area contributed by atoms with Gasteiger partial charge < -0.3 is 20.3 Å². The maximum atomic E-state index is 13.0. The van der Waals surface area contributed by atoms with Crippen molar-refractivity contribution in [1.82, 2.24) is 19.5 Å². The molecule has 0 saturated carbocycles. The Labute approximate surface area is 193 Å². The number of aromatic nitrogens is 1. The van der Waals surface area contributed by atoms with Gasteiger partial charge in [0.25, 0.3) is 5.91 Å². The first kappa shape index (κ1) is 23.1. The number of carbonyl (C=O) groups is 2. The quantitative estimate of drug-likeness (QED) is 0.655. The second-order valence-electron chi connectivity index (χ2n) is 7.92. The lowest BCUT2D eigenvalue weighted by Gasteiger charge is -2.35. The van der Waals surface area contributed by atoms with Crippen molar-refractivity contribution in [1.29, 1.82) is 0 Å². The van der Waals surface area contributed by atoms with E-state index < -0.39 is 22.2 Å². The monoisotopic (exact) mass is 473 g/mol. The topological polar surface area (TPSA) is 121 Å². The molecule has 11 heteroatoms. The number of nitrogens with zero attached hydrogens (tertiary/aromatic N) is 3. The van der Waals surface area contributed by atoms with Crippen LogP contribution in [0.1, 0.15) is 18.4 Å². The summed E-state index contributed by atoms with van der Waals surface area (Å²) in [5.74, 6) is -0.0539. The Morgan fingerprint density at radius 3 is 2.48 bits per heavy atom. The van der Waals surface area contributed by atoms with Crippen LogP contribution in [0.3, 0.4) is 0 Å². The van der Waals surface area contributed by atoms with Crippen LogP contribution in [-0.2, 0) is 26.1 Å². The van der Waals surface area contributed by atoms with Crippen molar-refractivity contribution < 1.29 is 22.7 Å². The Balaban J connectivity index is 1.29. The SMILES string of the molecule is O=C(NCc1cccnc1)Nc1ccc(S(=O)(=O)N2CCN(C(=O)[C@H]3CCCO3)CC2)cc1. The van der Waals surface area contributed by atoms with E-state index in [2.05, 4.69) is 15.6 Å². The summed E-state index contributed by atoms with van der Waals surface area (Å²) in [6.45, 7) is 2.08. The first-order valence-electron chi connectivity index (χ1n) is 10.9. The highest BCUT2D eigenvalue weighted by Gasteiger charge is 2.34. The average molecular weight is 474 g/mol. The summed E-state index contributed by atoms with van der Waals surface area (Å²) in [4.78, 5) is 30.4. The summed E-state index contributed by atoms with van der Waals surface area (Å²) < 4.78 is 32.8. The smallest absolute Gasteiger partial charge is 0.319 e. The van der Waals surface area contributed by atoms with Gasteiger partial charge in [0.2, 0.25) is 10.0 Å². The number of carbonyl (C=O) groups excluding carboxylic acids is 2. The highest BCUT2D eigenvalue weighted by Crippen LogP contribution is 2.21. The predicted molar refractivity (Wildman–Crippen MR) is 121 cm³/mol. The molecule has 0 aliphatic carbocycles. The Bertz CT molecular complexity index is 1060. The molecule has 2 N–H and O–H groups in total. The van der Waals surface area contributed by atoms with Crippen molar-refractivity contribution in [2.75, 3.05) is 38.1 Å². The van der Waals surface area contributed by atoms with Crippen LogP contribution < -0.4 is 10.6 Å². The van der Waals surface area contributed by atoms with Gasteiger partial charge in [-0.3, -0.25) is 9.78 Å². The van der Waals surface area contributed by atoms with E-state index in [1.807, 2.05) is 6.07 Å². The van der Waals surface area contributed by atoms with E-state index in [0.717, 1.165) is 18.4 Å². The fraction of sp³-hybridized carbons (Fsp3) is 0.409. The number of ether oxygens (including phenoxy) is 1. The van der Waals surface area contributed by atoms with Gasteiger partial charge in [-0.1, -0.05) is 6.07 Å². The first-order valence-corrected chi connectivity index (χ1v) is 12.3. The van der Waals surface area contributed by atoms with E-state index in [4.69, 9.17) is 4.74 Å². The number of benzene rings is 1. The van der Waals surface area contributed by atoms with E-state index in [-0.39, 0.29) is 23.9 Å². The molecule has 2 aliphatic heterocycles. The minimum Gasteiger partial charge on any atom is -0.368 e. The largest absolute Gasteiger partial charge is 0.368 e. The summed E-state index contributed by atoms with van der Waals surface area (Å²) >= 11 is 0. The minimum atomic E-state index is -3.69. The Kier molecular flexibility index (Phi) is 7.21. The van der Waals surface area contributed by atoms with Crippen LogP contribution in [0.2, 0.25) is 0 Å². The van der Waals surface area contributed by atoms with Gasteiger partial charge >= 0.3 is 6.03 Å². The molecule has 2 aliphatic rings. The number of hydrogen-bond acceptors (Lipinski definition) is 6. The maximum Gasteiger partial charge on any atom is 0.319 e. The molecule has 2 aromatic rings. The zero-order valence-corrected chi connectivity index (χ0v) is 19.0. The summed E-state index contributed by atoms with van der Waals surface area (Å²) in [6.07, 6.45) is 4.53. The van der Waals surface area contributed by atoms with Crippen LogP contribution in [0, 0.1) is 0 Å². The van der Waals surface area contributed by atoms with Crippen LogP contribution in [0.25, 0.3) is 0 Å². The number of anilines is 1. The van der Waals surface area contributed by atoms with Gasteiger partial charge in [-0.15, -0.1) is 0 Å². The third kappa shape index (κ3) is 5.67. The minimum absolute atomic E-state index is 0.0539. The molecule has 4 rings (SSSR count). The van der Waals surface area contributed by atoms with Crippen molar-refractivity contribution in [3.63, 3.8) is 0 Å². The van der Waals surface area contributed by atoms with Gasteiger partial charge in [0.05, 0.1) is 4.90 Å². The number of pyridine rings is 1. The van der Waals surface area contributed by atoms with Gasteiger partial charge in [0.15, 0.2) is 0 Å². The van der Waals surface area contributed by atoms with Crippen LogP contribution in [0.4, 0.5) is 10.5 Å². The molecule has 176 valence electrons. The van der Waals surface area contributed by atoms with Crippen molar-refractivity contribution >= 4 is 27.6 Å². The summed E-state index contributed by atoms with van der Waals surface area (Å²) in [5, 5.41) is 5.40.